The molecule has 0 aliphatic heterocycles. The predicted molar refractivity (Wildman–Crippen MR) is 69.3 cm³/mol. The molecule has 0 aromatic heterocycles. The monoisotopic (exact) mass is 262 g/mol. The van der Waals surface area contributed by atoms with Crippen LogP contribution >= 0.6 is 11.6 Å². The van der Waals surface area contributed by atoms with E-state index in [0.29, 0.717) is 11.4 Å². The summed E-state index contributed by atoms with van der Waals surface area (Å²) in [4.78, 5) is 0. The number of fused-ring (bicyclic) bond motifs is 1. The molecule has 1 aliphatic rings. The highest BCUT2D eigenvalue weighted by molar-refractivity contribution is 6.30. The standard InChI is InChI=1S/C15H12ClFO/c16-10-4-5-12-14(7-10)13(8-15(12)18)9-2-1-3-11(17)6-9/h1-7,13,15,18H,8H2/t13-,15-/m1/s1. The number of halogens is 2. The van der Waals surface area contributed by atoms with E-state index in [2.05, 4.69) is 0 Å². The highest BCUT2D eigenvalue weighted by Gasteiger charge is 2.30. The largest absolute Gasteiger partial charge is 0.388 e. The van der Waals surface area contributed by atoms with Crippen LogP contribution < -0.4 is 0 Å². The van der Waals surface area contributed by atoms with Crippen LogP contribution in [0.15, 0.2) is 42.5 Å². The van der Waals surface area contributed by atoms with Gasteiger partial charge in [-0.3, -0.25) is 0 Å². The topological polar surface area (TPSA) is 20.2 Å². The van der Waals surface area contributed by atoms with E-state index in [1.165, 1.54) is 12.1 Å². The number of rotatable bonds is 1. The van der Waals surface area contributed by atoms with Crippen LogP contribution in [0, 0.1) is 5.82 Å². The van der Waals surface area contributed by atoms with Crippen LogP contribution in [-0.4, -0.2) is 5.11 Å². The van der Waals surface area contributed by atoms with Gasteiger partial charge in [-0.15, -0.1) is 0 Å². The van der Waals surface area contributed by atoms with E-state index >= 15 is 0 Å². The molecule has 92 valence electrons. The first kappa shape index (κ1) is 11.7. The van der Waals surface area contributed by atoms with Crippen molar-refractivity contribution >= 4 is 11.6 Å². The molecule has 0 saturated carbocycles. The molecule has 1 nitrogen and oxygen atoms in total. The number of aliphatic hydroxyl groups is 1. The van der Waals surface area contributed by atoms with Crippen molar-refractivity contribution in [2.75, 3.05) is 0 Å². The molecule has 1 aliphatic carbocycles. The van der Waals surface area contributed by atoms with Crippen LogP contribution in [0.25, 0.3) is 0 Å². The molecule has 2 aromatic carbocycles. The summed E-state index contributed by atoms with van der Waals surface area (Å²) in [7, 11) is 0. The second-order valence-electron chi connectivity index (χ2n) is 4.63. The maximum atomic E-state index is 13.3. The van der Waals surface area contributed by atoms with Gasteiger partial charge in [-0.25, -0.2) is 4.39 Å². The SMILES string of the molecule is O[C@@H]1C[C@H](c2cccc(F)c2)c2cc(Cl)ccc21. The van der Waals surface area contributed by atoms with Crippen molar-refractivity contribution in [2.24, 2.45) is 0 Å². The van der Waals surface area contributed by atoms with Crippen LogP contribution in [0.1, 0.15) is 35.1 Å². The lowest BCUT2D eigenvalue weighted by Gasteiger charge is -2.12. The van der Waals surface area contributed by atoms with E-state index in [1.807, 2.05) is 18.2 Å². The van der Waals surface area contributed by atoms with Crippen molar-refractivity contribution in [3.05, 3.63) is 70.0 Å². The molecule has 0 amide bonds. The minimum Gasteiger partial charge on any atom is -0.388 e. The fourth-order valence-corrected chi connectivity index (χ4v) is 2.85. The summed E-state index contributed by atoms with van der Waals surface area (Å²) in [5, 5.41) is 10.7. The Morgan fingerprint density at radius 3 is 2.72 bits per heavy atom. The van der Waals surface area contributed by atoms with E-state index in [4.69, 9.17) is 11.6 Å². The minimum atomic E-state index is -0.495. The molecule has 0 unspecified atom stereocenters. The van der Waals surface area contributed by atoms with Crippen LogP contribution in [0.2, 0.25) is 5.02 Å². The summed E-state index contributed by atoms with van der Waals surface area (Å²) in [6, 6.07) is 12.0. The highest BCUT2D eigenvalue weighted by atomic mass is 35.5. The zero-order valence-corrected chi connectivity index (χ0v) is 10.4. The van der Waals surface area contributed by atoms with Gasteiger partial charge in [-0.1, -0.05) is 29.8 Å². The molecule has 0 bridgehead atoms. The van der Waals surface area contributed by atoms with Crippen molar-refractivity contribution in [1.29, 1.82) is 0 Å². The molecule has 1 N–H and O–H groups in total. The molecule has 2 atom stereocenters. The van der Waals surface area contributed by atoms with E-state index in [0.717, 1.165) is 16.7 Å². The third kappa shape index (κ3) is 1.92. The number of hydrogen-bond donors (Lipinski definition) is 1. The summed E-state index contributed by atoms with van der Waals surface area (Å²) < 4.78 is 13.3. The molecule has 0 fully saturated rings. The summed E-state index contributed by atoms with van der Waals surface area (Å²) in [5.41, 5.74) is 2.78. The van der Waals surface area contributed by atoms with Crippen LogP contribution in [0.5, 0.6) is 0 Å². The quantitative estimate of drug-likeness (QED) is 0.822. The van der Waals surface area contributed by atoms with E-state index in [1.54, 1.807) is 12.1 Å². The summed E-state index contributed by atoms with van der Waals surface area (Å²) in [6.45, 7) is 0. The van der Waals surface area contributed by atoms with Gasteiger partial charge in [0, 0.05) is 10.9 Å². The highest BCUT2D eigenvalue weighted by Crippen LogP contribution is 2.44. The Balaban J connectivity index is 2.09. The number of hydrogen-bond acceptors (Lipinski definition) is 1. The maximum absolute atomic E-state index is 13.3. The number of aliphatic hydroxyl groups excluding tert-OH is 1. The molecule has 18 heavy (non-hydrogen) atoms. The second-order valence-corrected chi connectivity index (χ2v) is 5.07. The predicted octanol–water partition coefficient (Wildman–Crippen LogP) is 4.05. The third-order valence-electron chi connectivity index (χ3n) is 3.49. The Bertz CT molecular complexity index is 597. The summed E-state index contributed by atoms with van der Waals surface area (Å²) in [6.07, 6.45) is 0.0876. The zero-order chi connectivity index (χ0) is 12.7. The van der Waals surface area contributed by atoms with Crippen molar-refractivity contribution in [3.8, 4) is 0 Å². The van der Waals surface area contributed by atoms with Gasteiger partial charge in [-0.05, 0) is 47.4 Å². The van der Waals surface area contributed by atoms with Crippen molar-refractivity contribution < 1.29 is 9.50 Å². The maximum Gasteiger partial charge on any atom is 0.123 e. The smallest absolute Gasteiger partial charge is 0.123 e. The lowest BCUT2D eigenvalue weighted by Crippen LogP contribution is -1.97. The van der Waals surface area contributed by atoms with Gasteiger partial charge in [0.2, 0.25) is 0 Å². The second kappa shape index (κ2) is 4.38. The Morgan fingerprint density at radius 2 is 1.94 bits per heavy atom. The average molecular weight is 263 g/mol. The Labute approximate surface area is 110 Å². The van der Waals surface area contributed by atoms with Crippen molar-refractivity contribution in [2.45, 2.75) is 18.4 Å². The first-order chi connectivity index (χ1) is 8.65. The van der Waals surface area contributed by atoms with Crippen LogP contribution in [0.4, 0.5) is 4.39 Å². The molecule has 0 heterocycles. The van der Waals surface area contributed by atoms with Gasteiger partial charge in [0.05, 0.1) is 6.10 Å². The molecule has 2 aromatic rings. The zero-order valence-electron chi connectivity index (χ0n) is 9.61. The molecule has 3 rings (SSSR count). The molecule has 3 heteroatoms. The summed E-state index contributed by atoms with van der Waals surface area (Å²) >= 11 is 6.00. The van der Waals surface area contributed by atoms with E-state index in [-0.39, 0.29) is 11.7 Å². The number of benzene rings is 2. The molecule has 0 saturated heterocycles. The Morgan fingerprint density at radius 1 is 1.11 bits per heavy atom. The van der Waals surface area contributed by atoms with Crippen molar-refractivity contribution in [3.63, 3.8) is 0 Å². The van der Waals surface area contributed by atoms with Gasteiger partial charge in [0.25, 0.3) is 0 Å². The van der Waals surface area contributed by atoms with Crippen molar-refractivity contribution in [1.82, 2.24) is 0 Å². The van der Waals surface area contributed by atoms with Gasteiger partial charge < -0.3 is 5.11 Å². The Hall–Kier alpha value is -1.38. The van der Waals surface area contributed by atoms with E-state index in [9.17, 15) is 9.50 Å². The molecule has 0 spiro atoms. The molecular formula is C15H12ClFO. The van der Waals surface area contributed by atoms with Gasteiger partial charge in [0.15, 0.2) is 0 Å². The van der Waals surface area contributed by atoms with Gasteiger partial charge in [-0.2, -0.15) is 0 Å². The van der Waals surface area contributed by atoms with Crippen LogP contribution in [0.3, 0.4) is 0 Å². The van der Waals surface area contributed by atoms with Gasteiger partial charge in [0.1, 0.15) is 5.82 Å². The molecule has 0 radical (unpaired) electrons. The first-order valence-corrected chi connectivity index (χ1v) is 6.26. The lowest BCUT2D eigenvalue weighted by atomic mass is 9.93. The summed E-state index contributed by atoms with van der Waals surface area (Å²) in [5.74, 6) is -0.234. The van der Waals surface area contributed by atoms with Gasteiger partial charge >= 0.3 is 0 Å². The molecular weight excluding hydrogens is 251 g/mol. The lowest BCUT2D eigenvalue weighted by molar-refractivity contribution is 0.176. The van der Waals surface area contributed by atoms with E-state index < -0.39 is 6.10 Å². The fourth-order valence-electron chi connectivity index (χ4n) is 2.67. The normalized spacial score (nSPS) is 21.9. The fraction of sp³-hybridized carbons (Fsp3) is 0.200. The third-order valence-corrected chi connectivity index (χ3v) is 3.73. The van der Waals surface area contributed by atoms with Crippen LogP contribution in [-0.2, 0) is 0 Å². The Kier molecular flexibility index (Phi) is 2.84. The first-order valence-electron chi connectivity index (χ1n) is 5.88. The average Bonchev–Trinajstić information content (AvgIpc) is 2.66. The minimum absolute atomic E-state index is 0.0180.